The minimum Gasteiger partial charge on any atom is -0.198 e. The van der Waals surface area contributed by atoms with Crippen molar-refractivity contribution in [3.8, 4) is 6.07 Å². The summed E-state index contributed by atoms with van der Waals surface area (Å²) in [7, 11) is 0. The summed E-state index contributed by atoms with van der Waals surface area (Å²) in [6.07, 6.45) is 0.385. The van der Waals surface area contributed by atoms with Crippen molar-refractivity contribution in [2.45, 2.75) is 6.42 Å². The molecule has 2 rings (SSSR count). The Labute approximate surface area is 88.1 Å². The molecule has 2 nitrogen and oxygen atoms in total. The van der Waals surface area contributed by atoms with Crippen LogP contribution in [0.5, 0.6) is 0 Å². The minimum atomic E-state index is 0.385. The zero-order valence-electron chi connectivity index (χ0n) is 6.62. The smallest absolute Gasteiger partial charge is 0.0791 e. The van der Waals surface area contributed by atoms with Crippen molar-refractivity contribution in [1.82, 2.24) is 4.37 Å². The van der Waals surface area contributed by atoms with Gasteiger partial charge in [0.1, 0.15) is 0 Å². The van der Waals surface area contributed by atoms with E-state index in [-0.39, 0.29) is 0 Å². The topological polar surface area (TPSA) is 36.7 Å². The van der Waals surface area contributed by atoms with Gasteiger partial charge in [0.25, 0.3) is 0 Å². The molecule has 0 saturated carbocycles. The van der Waals surface area contributed by atoms with Gasteiger partial charge in [-0.3, -0.25) is 0 Å². The lowest BCUT2D eigenvalue weighted by molar-refractivity contribution is 1.21. The Balaban J connectivity index is 2.66. The lowest BCUT2D eigenvalue weighted by Gasteiger charge is -1.91. The van der Waals surface area contributed by atoms with Gasteiger partial charge in [0.05, 0.1) is 22.9 Å². The van der Waals surface area contributed by atoms with Crippen LogP contribution in [0.3, 0.4) is 0 Å². The molecule has 0 atom stereocenters. The van der Waals surface area contributed by atoms with Crippen LogP contribution in [0.2, 0.25) is 0 Å². The molecule has 0 radical (unpaired) electrons. The molecule has 2 aromatic rings. The summed E-state index contributed by atoms with van der Waals surface area (Å²) in [5, 5.41) is 9.65. The van der Waals surface area contributed by atoms with Crippen LogP contribution in [0.1, 0.15) is 5.69 Å². The Bertz CT molecular complexity index is 484. The van der Waals surface area contributed by atoms with E-state index in [9.17, 15) is 0 Å². The van der Waals surface area contributed by atoms with Gasteiger partial charge in [0.15, 0.2) is 0 Å². The third kappa shape index (κ3) is 1.58. The fraction of sp³-hybridized carbons (Fsp3) is 0.111. The Morgan fingerprint density at radius 2 is 2.38 bits per heavy atom. The summed E-state index contributed by atoms with van der Waals surface area (Å²) in [4.78, 5) is 0. The first-order valence-corrected chi connectivity index (χ1v) is 5.28. The van der Waals surface area contributed by atoms with Crippen molar-refractivity contribution in [1.29, 1.82) is 5.26 Å². The lowest BCUT2D eigenvalue weighted by Crippen LogP contribution is -1.80. The number of aromatic nitrogens is 1. The molecular weight excluding hydrogens is 248 g/mol. The maximum absolute atomic E-state index is 8.57. The first-order chi connectivity index (χ1) is 6.31. The fourth-order valence-corrected chi connectivity index (χ4v) is 2.30. The number of nitriles is 1. The molecule has 64 valence electrons. The second kappa shape index (κ2) is 3.44. The molecule has 0 bridgehead atoms. The molecule has 1 aromatic heterocycles. The maximum atomic E-state index is 8.57. The molecule has 1 aromatic carbocycles. The molecule has 0 aliphatic carbocycles. The molecule has 0 unspecified atom stereocenters. The minimum absolute atomic E-state index is 0.385. The SMILES string of the molecule is N#CCc1nsc2ccc(Br)cc12. The van der Waals surface area contributed by atoms with Crippen LogP contribution in [-0.2, 0) is 6.42 Å². The van der Waals surface area contributed by atoms with Crippen LogP contribution in [0.4, 0.5) is 0 Å². The number of hydrogen-bond donors (Lipinski definition) is 0. The van der Waals surface area contributed by atoms with Crippen LogP contribution >= 0.6 is 27.5 Å². The van der Waals surface area contributed by atoms with Crippen molar-refractivity contribution < 1.29 is 0 Å². The van der Waals surface area contributed by atoms with Crippen LogP contribution in [0, 0.1) is 11.3 Å². The molecule has 0 aliphatic rings. The summed E-state index contributed by atoms with van der Waals surface area (Å²) in [6.45, 7) is 0. The van der Waals surface area contributed by atoms with Gasteiger partial charge in [-0.25, -0.2) is 0 Å². The number of fused-ring (bicyclic) bond motifs is 1. The van der Waals surface area contributed by atoms with Gasteiger partial charge in [-0.15, -0.1) is 0 Å². The van der Waals surface area contributed by atoms with Crippen LogP contribution in [0.25, 0.3) is 10.1 Å². The highest BCUT2D eigenvalue weighted by Gasteiger charge is 2.05. The molecule has 0 fully saturated rings. The predicted octanol–water partition coefficient (Wildman–Crippen LogP) is 3.12. The van der Waals surface area contributed by atoms with Gasteiger partial charge in [0.2, 0.25) is 0 Å². The Hall–Kier alpha value is -0.920. The monoisotopic (exact) mass is 252 g/mol. The quantitative estimate of drug-likeness (QED) is 0.782. The van der Waals surface area contributed by atoms with Crippen molar-refractivity contribution >= 4 is 37.5 Å². The molecule has 0 spiro atoms. The first kappa shape index (κ1) is 8.67. The van der Waals surface area contributed by atoms with Gasteiger partial charge < -0.3 is 0 Å². The van der Waals surface area contributed by atoms with Gasteiger partial charge in [-0.2, -0.15) is 9.64 Å². The largest absolute Gasteiger partial charge is 0.198 e. The van der Waals surface area contributed by atoms with E-state index >= 15 is 0 Å². The molecule has 0 amide bonds. The molecule has 0 N–H and O–H groups in total. The zero-order chi connectivity index (χ0) is 9.26. The van der Waals surface area contributed by atoms with Gasteiger partial charge in [-0.1, -0.05) is 15.9 Å². The average molecular weight is 253 g/mol. The molecule has 13 heavy (non-hydrogen) atoms. The molecule has 1 heterocycles. The van der Waals surface area contributed by atoms with Crippen LogP contribution < -0.4 is 0 Å². The highest BCUT2D eigenvalue weighted by Crippen LogP contribution is 2.26. The standard InChI is InChI=1S/C9H5BrN2S/c10-6-1-2-9-7(5-6)8(3-4-11)12-13-9/h1-2,5H,3H2. The third-order valence-electron chi connectivity index (χ3n) is 1.75. The van der Waals surface area contributed by atoms with Crippen LogP contribution in [-0.4, -0.2) is 4.37 Å². The Morgan fingerprint density at radius 3 is 3.15 bits per heavy atom. The summed E-state index contributed by atoms with van der Waals surface area (Å²) < 4.78 is 6.38. The predicted molar refractivity (Wildman–Crippen MR) is 56.6 cm³/mol. The van der Waals surface area contributed by atoms with E-state index in [1.54, 1.807) is 0 Å². The zero-order valence-corrected chi connectivity index (χ0v) is 9.02. The van der Waals surface area contributed by atoms with Gasteiger partial charge in [-0.05, 0) is 29.7 Å². The fourth-order valence-electron chi connectivity index (χ4n) is 1.16. The molecule has 0 aliphatic heterocycles. The summed E-state index contributed by atoms with van der Waals surface area (Å²) in [5.74, 6) is 0. The number of nitrogens with zero attached hydrogens (tertiary/aromatic N) is 2. The number of benzene rings is 1. The summed E-state index contributed by atoms with van der Waals surface area (Å²) in [5.41, 5.74) is 0.879. The van der Waals surface area contributed by atoms with Gasteiger partial charge in [0, 0.05) is 9.86 Å². The number of rotatable bonds is 1. The molecule has 0 saturated heterocycles. The summed E-state index contributed by atoms with van der Waals surface area (Å²) in [6, 6.07) is 8.11. The second-order valence-corrected chi connectivity index (χ2v) is 4.33. The maximum Gasteiger partial charge on any atom is 0.0791 e. The van der Waals surface area contributed by atoms with Crippen molar-refractivity contribution in [2.24, 2.45) is 0 Å². The van der Waals surface area contributed by atoms with Gasteiger partial charge >= 0.3 is 0 Å². The van der Waals surface area contributed by atoms with Crippen molar-refractivity contribution in [3.05, 3.63) is 28.4 Å². The van der Waals surface area contributed by atoms with E-state index in [4.69, 9.17) is 5.26 Å². The number of hydrogen-bond acceptors (Lipinski definition) is 3. The first-order valence-electron chi connectivity index (χ1n) is 3.72. The van der Waals surface area contributed by atoms with Crippen molar-refractivity contribution in [3.63, 3.8) is 0 Å². The van der Waals surface area contributed by atoms with E-state index in [1.807, 2.05) is 18.2 Å². The third-order valence-corrected chi connectivity index (χ3v) is 3.11. The van der Waals surface area contributed by atoms with E-state index in [2.05, 4.69) is 26.4 Å². The van der Waals surface area contributed by atoms with E-state index in [0.29, 0.717) is 6.42 Å². The Kier molecular flexibility index (Phi) is 2.30. The normalized spacial score (nSPS) is 10.2. The lowest BCUT2D eigenvalue weighted by atomic mass is 10.2. The van der Waals surface area contributed by atoms with Crippen LogP contribution in [0.15, 0.2) is 22.7 Å². The number of halogens is 1. The summed E-state index contributed by atoms with van der Waals surface area (Å²) >= 11 is 4.84. The van der Waals surface area contributed by atoms with E-state index < -0.39 is 0 Å². The average Bonchev–Trinajstić information content (AvgIpc) is 2.49. The highest BCUT2D eigenvalue weighted by atomic mass is 79.9. The molecular formula is C9H5BrN2S. The Morgan fingerprint density at radius 1 is 1.54 bits per heavy atom. The van der Waals surface area contributed by atoms with Crippen molar-refractivity contribution in [2.75, 3.05) is 0 Å². The van der Waals surface area contributed by atoms with E-state index in [0.717, 1.165) is 20.3 Å². The second-order valence-electron chi connectivity index (χ2n) is 2.60. The molecule has 4 heteroatoms. The highest BCUT2D eigenvalue weighted by molar-refractivity contribution is 9.10. The van der Waals surface area contributed by atoms with E-state index in [1.165, 1.54) is 11.5 Å².